The number of aryl methyl sites for hydroxylation is 3. The number of pyridine rings is 2. The van der Waals surface area contributed by atoms with Crippen molar-refractivity contribution >= 4 is 45.7 Å². The maximum absolute atomic E-state index is 12.6. The van der Waals surface area contributed by atoms with Gasteiger partial charge in [-0.15, -0.1) is 0 Å². The molecule has 4 aromatic heterocycles. The third kappa shape index (κ3) is 11.3. The van der Waals surface area contributed by atoms with E-state index in [0.717, 1.165) is 50.9 Å². The number of hydrogen-bond acceptors (Lipinski definition) is 9. The fourth-order valence-electron chi connectivity index (χ4n) is 6.29. The Morgan fingerprint density at radius 1 is 0.619 bits per heavy atom. The normalized spacial score (nSPS) is 11.4. The monoisotopic (exact) mass is 863 g/mol. The molecule has 63 heavy (non-hydrogen) atoms. The van der Waals surface area contributed by atoms with Gasteiger partial charge in [-0.3, -0.25) is 9.59 Å². The number of benzene rings is 4. The molecule has 0 unspecified atom stereocenters. The molecule has 4 heterocycles. The van der Waals surface area contributed by atoms with Crippen LogP contribution in [0.1, 0.15) is 48.8 Å². The molecule has 0 fully saturated rings. The van der Waals surface area contributed by atoms with Gasteiger partial charge in [-0.05, 0) is 115 Å². The molecule has 0 aliphatic carbocycles. The standard InChI is InChI=1S/C40H34N8O4.C7H8O3S/c1-45-33(25-47-21-5-3-7-37(45)47)27-51-35-17-9-29(10-18-35)23-41-43-39(49)31-13-15-32(16-14-31)40(50)44-42-24-30-11-19-36(20-12-30)52-28-34-26-48-22-6-4-8-38(48)46(34)2;1-6-2-4-7(5-3-6)11(8,9)10/h3-26H,27-28H2,1-2H3;2-5H,1H3,(H,8,9,10)/p+1/b41-23-,42-24+;. The molecule has 0 aliphatic rings. The summed E-state index contributed by atoms with van der Waals surface area (Å²) < 4.78 is 51.4. The number of carbonyl (C=O) groups excluding carboxylic acids is 2. The molecule has 2 N–H and O–H groups in total. The lowest BCUT2D eigenvalue weighted by atomic mass is 10.1. The largest absolute Gasteiger partial charge is 0.744 e. The minimum Gasteiger partial charge on any atom is -0.744 e. The van der Waals surface area contributed by atoms with Gasteiger partial charge in [0, 0.05) is 23.3 Å². The molecule has 318 valence electrons. The van der Waals surface area contributed by atoms with Gasteiger partial charge in [0.15, 0.2) is 24.6 Å². The second-order valence-corrected chi connectivity index (χ2v) is 15.6. The summed E-state index contributed by atoms with van der Waals surface area (Å²) in [4.78, 5) is 25.1. The predicted molar refractivity (Wildman–Crippen MR) is 234 cm³/mol. The Hall–Kier alpha value is -7.95. The highest BCUT2D eigenvalue weighted by atomic mass is 32.2. The summed E-state index contributed by atoms with van der Waals surface area (Å²) in [5, 5.41) is 8.13. The van der Waals surface area contributed by atoms with Gasteiger partial charge < -0.3 is 14.0 Å². The summed E-state index contributed by atoms with van der Waals surface area (Å²) in [6.07, 6.45) is 11.2. The van der Waals surface area contributed by atoms with Gasteiger partial charge in [0.1, 0.15) is 34.0 Å². The average Bonchev–Trinajstić information content (AvgIpc) is 3.80. The fourth-order valence-corrected chi connectivity index (χ4v) is 6.76. The molecule has 0 atom stereocenters. The van der Waals surface area contributed by atoms with Crippen molar-refractivity contribution in [3.63, 3.8) is 0 Å². The summed E-state index contributed by atoms with van der Waals surface area (Å²) in [6, 6.07) is 38.9. The van der Waals surface area contributed by atoms with Gasteiger partial charge in [0.05, 0.1) is 43.8 Å². The quantitative estimate of drug-likeness (QED) is 0.0673. The second kappa shape index (κ2) is 19.6. The summed E-state index contributed by atoms with van der Waals surface area (Å²) in [5.41, 5.74) is 12.5. The first-order valence-corrected chi connectivity index (χ1v) is 21.0. The van der Waals surface area contributed by atoms with Crippen LogP contribution in [0, 0.1) is 6.92 Å². The van der Waals surface area contributed by atoms with Crippen LogP contribution in [0.4, 0.5) is 0 Å². The van der Waals surface area contributed by atoms with E-state index >= 15 is 0 Å². The molecule has 2 amide bonds. The maximum atomic E-state index is 12.6. The number of carbonyl (C=O) groups is 2. The van der Waals surface area contributed by atoms with Crippen LogP contribution in [0.2, 0.25) is 0 Å². The molecule has 0 saturated carbocycles. The van der Waals surface area contributed by atoms with Gasteiger partial charge >= 0.3 is 0 Å². The lowest BCUT2D eigenvalue weighted by Gasteiger charge is -2.05. The maximum Gasteiger partial charge on any atom is 0.286 e. The van der Waals surface area contributed by atoms with Crippen molar-refractivity contribution in [2.75, 3.05) is 0 Å². The van der Waals surface area contributed by atoms with Gasteiger partial charge in [0.25, 0.3) is 23.1 Å². The van der Waals surface area contributed by atoms with Gasteiger partial charge in [-0.2, -0.15) is 10.2 Å². The number of nitrogens with one attached hydrogen (secondary N) is 2. The Bertz CT molecular complexity index is 2860. The van der Waals surface area contributed by atoms with E-state index in [-0.39, 0.29) is 4.90 Å². The number of nitrogens with zero attached hydrogens (tertiary/aromatic N) is 6. The number of hydrazone groups is 2. The van der Waals surface area contributed by atoms with Crippen molar-refractivity contribution < 1.29 is 40.8 Å². The SMILES string of the molecule is Cc1ccc(S(=O)(=O)[O-])cc1.Cn1c(COc2ccc(/C=N\NC(=O)c3ccc(C(=O)N/N=C/c4ccc(OCc5c[n+]6ccccc6n5C)cc4)cc3)cc2)c[n+]2ccccc12. The van der Waals surface area contributed by atoms with Crippen LogP contribution in [0.5, 0.6) is 11.5 Å². The smallest absolute Gasteiger partial charge is 0.286 e. The van der Waals surface area contributed by atoms with E-state index in [1.165, 1.54) is 12.1 Å². The number of fused-ring (bicyclic) bond motifs is 2. The van der Waals surface area contributed by atoms with Crippen molar-refractivity contribution in [2.45, 2.75) is 25.0 Å². The van der Waals surface area contributed by atoms with Crippen LogP contribution in [-0.4, -0.2) is 46.3 Å². The Morgan fingerprint density at radius 3 is 1.41 bits per heavy atom. The van der Waals surface area contributed by atoms with Crippen LogP contribution in [0.15, 0.2) is 173 Å². The van der Waals surface area contributed by atoms with Crippen molar-refractivity contribution in [1.82, 2.24) is 20.0 Å². The molecule has 0 bridgehead atoms. The third-order valence-corrected chi connectivity index (χ3v) is 10.7. The van der Waals surface area contributed by atoms with E-state index in [9.17, 15) is 22.6 Å². The zero-order valence-corrected chi connectivity index (χ0v) is 35.3. The van der Waals surface area contributed by atoms with Gasteiger partial charge in [-0.25, -0.2) is 37.2 Å². The first kappa shape index (κ1) is 43.1. The zero-order chi connectivity index (χ0) is 44.3. The number of ether oxygens (including phenoxy) is 2. The number of imidazole rings is 2. The highest BCUT2D eigenvalue weighted by Crippen LogP contribution is 2.16. The molecule has 0 spiro atoms. The van der Waals surface area contributed by atoms with E-state index in [2.05, 4.69) is 51.1 Å². The van der Waals surface area contributed by atoms with Crippen LogP contribution >= 0.6 is 0 Å². The molecule has 0 aliphatic heterocycles. The molecule has 0 radical (unpaired) electrons. The molecule has 0 saturated heterocycles. The predicted octanol–water partition coefficient (Wildman–Crippen LogP) is 5.43. The highest BCUT2D eigenvalue weighted by molar-refractivity contribution is 7.85. The second-order valence-electron chi connectivity index (χ2n) is 14.2. The van der Waals surface area contributed by atoms with Crippen LogP contribution < -0.4 is 29.1 Å². The number of aromatic nitrogens is 4. The highest BCUT2D eigenvalue weighted by Gasteiger charge is 2.15. The summed E-state index contributed by atoms with van der Waals surface area (Å²) in [7, 11) is -0.249. The van der Waals surface area contributed by atoms with E-state index in [4.69, 9.17) is 9.47 Å². The van der Waals surface area contributed by atoms with Crippen molar-refractivity contribution in [3.8, 4) is 11.5 Å². The Balaban J connectivity index is 0.000000473. The Labute approximate surface area is 363 Å². The van der Waals surface area contributed by atoms with Crippen molar-refractivity contribution in [2.24, 2.45) is 24.3 Å². The van der Waals surface area contributed by atoms with E-state index in [1.54, 1.807) is 48.8 Å². The molecule has 8 aromatic rings. The summed E-state index contributed by atoms with van der Waals surface area (Å²) in [6.45, 7) is 2.67. The first-order valence-electron chi connectivity index (χ1n) is 19.6. The van der Waals surface area contributed by atoms with Crippen molar-refractivity contribution in [3.05, 3.63) is 197 Å². The third-order valence-electron chi connectivity index (χ3n) is 9.87. The van der Waals surface area contributed by atoms with E-state index < -0.39 is 21.9 Å². The van der Waals surface area contributed by atoms with Gasteiger partial charge in [-0.1, -0.05) is 29.8 Å². The van der Waals surface area contributed by atoms with Gasteiger partial charge in [0.2, 0.25) is 0 Å². The Morgan fingerprint density at radius 2 is 1.03 bits per heavy atom. The lowest BCUT2D eigenvalue weighted by molar-refractivity contribution is -0.511. The molecular formula is C47H43N8O7S+. The van der Waals surface area contributed by atoms with Crippen LogP contribution in [0.3, 0.4) is 0 Å². The fraction of sp³-hybridized carbons (Fsp3) is 0.106. The van der Waals surface area contributed by atoms with E-state index in [1.807, 2.05) is 119 Å². The molecular weight excluding hydrogens is 821 g/mol. The summed E-state index contributed by atoms with van der Waals surface area (Å²) in [5.74, 6) is 0.632. The number of amides is 2. The number of rotatable bonds is 13. The Kier molecular flexibility index (Phi) is 13.4. The summed E-state index contributed by atoms with van der Waals surface area (Å²) >= 11 is 0. The molecule has 16 heteroatoms. The van der Waals surface area contributed by atoms with E-state index in [0.29, 0.717) is 24.3 Å². The first-order chi connectivity index (χ1) is 30.4. The average molecular weight is 864 g/mol. The zero-order valence-electron chi connectivity index (χ0n) is 34.5. The minimum absolute atomic E-state index is 0.178. The van der Waals surface area contributed by atoms with Crippen LogP contribution in [-0.2, 0) is 37.4 Å². The molecule has 4 aromatic carbocycles. The molecule has 8 rings (SSSR count). The minimum atomic E-state index is -4.27. The van der Waals surface area contributed by atoms with Crippen molar-refractivity contribution in [1.29, 1.82) is 0 Å². The van der Waals surface area contributed by atoms with Crippen LogP contribution in [0.25, 0.3) is 11.3 Å². The topological polar surface area (TPSA) is 177 Å². The molecule has 15 nitrogen and oxygen atoms in total. The lowest BCUT2D eigenvalue weighted by Crippen LogP contribution is -2.19. The number of hydrogen-bond donors (Lipinski definition) is 2.